The molecule has 2 heterocycles. The van der Waals surface area contributed by atoms with Gasteiger partial charge in [-0.2, -0.15) is 13.2 Å². The van der Waals surface area contributed by atoms with Crippen LogP contribution in [0, 0.1) is 6.92 Å². The number of nitrogens with one attached hydrogen (secondary N) is 2. The number of halogens is 4. The van der Waals surface area contributed by atoms with Crippen molar-refractivity contribution >= 4 is 23.2 Å². The SMILES string of the molecule is Cc1c(C(=O)Nc2ccc3c(c2)CCNC3)nnn1Cc1ccc(C(F)(F)F)c(Cl)c1. The van der Waals surface area contributed by atoms with E-state index in [1.165, 1.54) is 27.9 Å². The van der Waals surface area contributed by atoms with Gasteiger partial charge in [0.1, 0.15) is 0 Å². The van der Waals surface area contributed by atoms with Crippen LogP contribution in [0.25, 0.3) is 0 Å². The molecule has 31 heavy (non-hydrogen) atoms. The topological polar surface area (TPSA) is 71.8 Å². The van der Waals surface area contributed by atoms with Crippen LogP contribution in [0.2, 0.25) is 5.02 Å². The molecule has 4 rings (SSSR count). The Hall–Kier alpha value is -2.91. The number of carbonyl (C=O) groups is 1. The molecule has 0 radical (unpaired) electrons. The number of hydrogen-bond donors (Lipinski definition) is 2. The minimum Gasteiger partial charge on any atom is -0.321 e. The molecular formula is C21H19ClF3N5O. The Kier molecular flexibility index (Phi) is 5.72. The van der Waals surface area contributed by atoms with E-state index in [2.05, 4.69) is 20.9 Å². The highest BCUT2D eigenvalue weighted by Gasteiger charge is 2.33. The summed E-state index contributed by atoms with van der Waals surface area (Å²) in [6.45, 7) is 3.52. The zero-order valence-corrected chi connectivity index (χ0v) is 17.3. The summed E-state index contributed by atoms with van der Waals surface area (Å²) in [7, 11) is 0. The monoisotopic (exact) mass is 449 g/mol. The Labute approximate surface area is 181 Å². The van der Waals surface area contributed by atoms with Gasteiger partial charge in [0.25, 0.3) is 5.91 Å². The maximum atomic E-state index is 12.9. The lowest BCUT2D eigenvalue weighted by molar-refractivity contribution is -0.137. The van der Waals surface area contributed by atoms with Gasteiger partial charge in [0.2, 0.25) is 0 Å². The van der Waals surface area contributed by atoms with Gasteiger partial charge < -0.3 is 10.6 Å². The molecule has 10 heteroatoms. The van der Waals surface area contributed by atoms with Gasteiger partial charge >= 0.3 is 6.18 Å². The minimum atomic E-state index is -4.52. The first-order valence-electron chi connectivity index (χ1n) is 9.62. The fraction of sp³-hybridized carbons (Fsp3) is 0.286. The molecule has 0 spiro atoms. The largest absolute Gasteiger partial charge is 0.417 e. The predicted molar refractivity (Wildman–Crippen MR) is 110 cm³/mol. The van der Waals surface area contributed by atoms with Gasteiger partial charge in [-0.05, 0) is 60.8 Å². The van der Waals surface area contributed by atoms with Crippen LogP contribution >= 0.6 is 11.6 Å². The average molecular weight is 450 g/mol. The number of carbonyl (C=O) groups excluding carboxylic acids is 1. The molecule has 162 valence electrons. The molecule has 0 fully saturated rings. The van der Waals surface area contributed by atoms with Crippen molar-refractivity contribution < 1.29 is 18.0 Å². The number of alkyl halides is 3. The Bertz CT molecular complexity index is 1140. The maximum absolute atomic E-state index is 12.9. The van der Waals surface area contributed by atoms with Gasteiger partial charge in [0.15, 0.2) is 5.69 Å². The van der Waals surface area contributed by atoms with Crippen molar-refractivity contribution in [2.75, 3.05) is 11.9 Å². The second kappa shape index (κ2) is 8.32. The van der Waals surface area contributed by atoms with Crippen LogP contribution in [0.5, 0.6) is 0 Å². The van der Waals surface area contributed by atoms with Gasteiger partial charge in [-0.3, -0.25) is 4.79 Å². The molecule has 1 aliphatic heterocycles. The zero-order valence-electron chi connectivity index (χ0n) is 16.6. The molecule has 0 aliphatic carbocycles. The van der Waals surface area contributed by atoms with Gasteiger partial charge in [-0.1, -0.05) is 28.9 Å². The van der Waals surface area contributed by atoms with Crippen molar-refractivity contribution in [1.29, 1.82) is 0 Å². The number of fused-ring (bicyclic) bond motifs is 1. The van der Waals surface area contributed by atoms with Crippen molar-refractivity contribution in [3.63, 3.8) is 0 Å². The summed E-state index contributed by atoms with van der Waals surface area (Å²) < 4.78 is 40.1. The first-order chi connectivity index (χ1) is 14.7. The normalized spacial score (nSPS) is 13.7. The number of aromatic nitrogens is 3. The predicted octanol–water partition coefficient (Wildman–Crippen LogP) is 4.21. The summed E-state index contributed by atoms with van der Waals surface area (Å²) in [5, 5.41) is 13.7. The Morgan fingerprint density at radius 2 is 2.03 bits per heavy atom. The molecule has 2 N–H and O–H groups in total. The molecule has 1 amide bonds. The summed E-state index contributed by atoms with van der Waals surface area (Å²) >= 11 is 5.78. The Balaban J connectivity index is 1.49. The van der Waals surface area contributed by atoms with Crippen LogP contribution in [0.15, 0.2) is 36.4 Å². The fourth-order valence-electron chi connectivity index (χ4n) is 3.53. The van der Waals surface area contributed by atoms with E-state index in [0.717, 1.165) is 25.6 Å². The maximum Gasteiger partial charge on any atom is 0.417 e. The smallest absolute Gasteiger partial charge is 0.321 e. The van der Waals surface area contributed by atoms with Gasteiger partial charge in [-0.25, -0.2) is 4.68 Å². The molecular weight excluding hydrogens is 431 g/mol. The molecule has 2 aromatic carbocycles. The number of hydrogen-bond acceptors (Lipinski definition) is 4. The van der Waals surface area contributed by atoms with E-state index in [-0.39, 0.29) is 17.3 Å². The number of anilines is 1. The van der Waals surface area contributed by atoms with Crippen LogP contribution in [0.4, 0.5) is 18.9 Å². The van der Waals surface area contributed by atoms with Crippen LogP contribution in [0.1, 0.15) is 38.4 Å². The lowest BCUT2D eigenvalue weighted by atomic mass is 10.0. The van der Waals surface area contributed by atoms with Crippen LogP contribution in [-0.4, -0.2) is 27.4 Å². The highest BCUT2D eigenvalue weighted by Crippen LogP contribution is 2.35. The van der Waals surface area contributed by atoms with Crippen molar-refractivity contribution in [3.05, 3.63) is 75.1 Å². The molecule has 0 atom stereocenters. The quantitative estimate of drug-likeness (QED) is 0.626. The lowest BCUT2D eigenvalue weighted by Gasteiger charge is -2.18. The third-order valence-corrected chi connectivity index (χ3v) is 5.53. The molecule has 1 aliphatic rings. The fourth-order valence-corrected chi connectivity index (χ4v) is 3.84. The van der Waals surface area contributed by atoms with Gasteiger partial charge in [0, 0.05) is 12.2 Å². The molecule has 3 aromatic rings. The summed E-state index contributed by atoms with van der Waals surface area (Å²) in [4.78, 5) is 12.7. The van der Waals surface area contributed by atoms with E-state index in [0.29, 0.717) is 16.9 Å². The van der Waals surface area contributed by atoms with Crippen molar-refractivity contribution in [2.24, 2.45) is 0 Å². The van der Waals surface area contributed by atoms with Crippen molar-refractivity contribution in [2.45, 2.75) is 32.6 Å². The first kappa shape index (κ1) is 21.3. The van der Waals surface area contributed by atoms with E-state index in [1.807, 2.05) is 18.2 Å². The van der Waals surface area contributed by atoms with Crippen LogP contribution < -0.4 is 10.6 Å². The highest BCUT2D eigenvalue weighted by atomic mass is 35.5. The lowest BCUT2D eigenvalue weighted by Crippen LogP contribution is -2.23. The van der Waals surface area contributed by atoms with Gasteiger partial charge in [-0.15, -0.1) is 5.10 Å². The third kappa shape index (κ3) is 4.57. The summed E-state index contributed by atoms with van der Waals surface area (Å²) in [6.07, 6.45) is -3.62. The molecule has 0 unspecified atom stereocenters. The molecule has 0 saturated carbocycles. The molecule has 0 bridgehead atoms. The summed E-state index contributed by atoms with van der Waals surface area (Å²) in [6, 6.07) is 9.29. The number of rotatable bonds is 4. The number of amides is 1. The molecule has 1 aromatic heterocycles. The van der Waals surface area contributed by atoms with Crippen molar-refractivity contribution in [3.8, 4) is 0 Å². The third-order valence-electron chi connectivity index (χ3n) is 5.22. The Morgan fingerprint density at radius 3 is 2.77 bits per heavy atom. The number of nitrogens with zero attached hydrogens (tertiary/aromatic N) is 3. The minimum absolute atomic E-state index is 0.135. The van der Waals surface area contributed by atoms with E-state index in [9.17, 15) is 18.0 Å². The van der Waals surface area contributed by atoms with Gasteiger partial charge in [0.05, 0.1) is 22.8 Å². The number of benzene rings is 2. The second-order valence-corrected chi connectivity index (χ2v) is 7.76. The molecule has 6 nitrogen and oxygen atoms in total. The second-order valence-electron chi connectivity index (χ2n) is 7.36. The van der Waals surface area contributed by atoms with E-state index < -0.39 is 17.6 Å². The average Bonchev–Trinajstić information content (AvgIpc) is 3.07. The zero-order chi connectivity index (χ0) is 22.2. The summed E-state index contributed by atoms with van der Waals surface area (Å²) in [5.74, 6) is -0.400. The van der Waals surface area contributed by atoms with Crippen LogP contribution in [0.3, 0.4) is 0 Å². The molecule has 0 saturated heterocycles. The van der Waals surface area contributed by atoms with Crippen molar-refractivity contribution in [1.82, 2.24) is 20.3 Å². The Morgan fingerprint density at radius 1 is 1.23 bits per heavy atom. The van der Waals surface area contributed by atoms with E-state index in [1.54, 1.807) is 6.92 Å². The van der Waals surface area contributed by atoms with E-state index in [4.69, 9.17) is 11.6 Å². The highest BCUT2D eigenvalue weighted by molar-refractivity contribution is 6.31. The van der Waals surface area contributed by atoms with Crippen LogP contribution in [-0.2, 0) is 25.7 Å². The van der Waals surface area contributed by atoms with E-state index >= 15 is 0 Å². The first-order valence-corrected chi connectivity index (χ1v) is 10.00. The standard InChI is InChI=1S/C21H19ClF3N5O/c1-12-19(20(31)27-16-4-3-15-10-26-7-6-14(15)9-16)28-29-30(12)11-13-2-5-17(18(22)8-13)21(23,24)25/h2-5,8-9,26H,6-7,10-11H2,1H3,(H,27,31). The summed E-state index contributed by atoms with van der Waals surface area (Å²) in [5.41, 5.74) is 3.34.